The molecule has 0 amide bonds. The van der Waals surface area contributed by atoms with Gasteiger partial charge in [-0.2, -0.15) is 0 Å². The van der Waals surface area contributed by atoms with Crippen LogP contribution in [-0.2, 0) is 0 Å². The standard InChI is InChI=1S/C19H21NO5/c1-5-15(13-7-9-17(23-3)16(11-13)20(21)22)14-8-10-18(24-4)19(12-14)25-6-2/h5,7-12H,6H2,1-4H3/b15-5+. The lowest BCUT2D eigenvalue weighted by atomic mass is 9.96. The molecule has 2 rings (SSSR count). The highest BCUT2D eigenvalue weighted by atomic mass is 16.6. The van der Waals surface area contributed by atoms with Crippen molar-refractivity contribution in [3.63, 3.8) is 0 Å². The SMILES string of the molecule is C/C=C(/c1ccc(OC)c(OCC)c1)c1ccc(OC)c([N+](=O)[O-])c1. The highest BCUT2D eigenvalue weighted by molar-refractivity contribution is 5.82. The molecule has 0 aliphatic rings. The summed E-state index contributed by atoms with van der Waals surface area (Å²) >= 11 is 0. The number of nitro groups is 1. The summed E-state index contributed by atoms with van der Waals surface area (Å²) in [5.74, 6) is 1.50. The molecule has 0 radical (unpaired) electrons. The Balaban J connectivity index is 2.52. The lowest BCUT2D eigenvalue weighted by Crippen LogP contribution is -1.98. The van der Waals surface area contributed by atoms with Crippen molar-refractivity contribution in [1.82, 2.24) is 0 Å². The largest absolute Gasteiger partial charge is 0.493 e. The van der Waals surface area contributed by atoms with Crippen LogP contribution in [0.2, 0.25) is 0 Å². The molecule has 0 atom stereocenters. The Morgan fingerprint density at radius 1 is 1.04 bits per heavy atom. The Kier molecular flexibility index (Phi) is 6.00. The molecule has 2 aromatic carbocycles. The summed E-state index contributed by atoms with van der Waals surface area (Å²) in [5, 5.41) is 11.3. The van der Waals surface area contributed by atoms with Gasteiger partial charge in [-0.05, 0) is 48.7 Å². The highest BCUT2D eigenvalue weighted by Crippen LogP contribution is 2.36. The van der Waals surface area contributed by atoms with Crippen molar-refractivity contribution >= 4 is 11.3 Å². The third kappa shape index (κ3) is 3.91. The van der Waals surface area contributed by atoms with Gasteiger partial charge in [0.15, 0.2) is 17.2 Å². The molecule has 0 bridgehead atoms. The fourth-order valence-corrected chi connectivity index (χ4v) is 2.61. The van der Waals surface area contributed by atoms with E-state index >= 15 is 0 Å². The Morgan fingerprint density at radius 2 is 1.64 bits per heavy atom. The van der Waals surface area contributed by atoms with Crippen LogP contribution in [0.5, 0.6) is 17.2 Å². The number of allylic oxidation sites excluding steroid dienone is 1. The van der Waals surface area contributed by atoms with Crippen LogP contribution < -0.4 is 14.2 Å². The highest BCUT2D eigenvalue weighted by Gasteiger charge is 2.18. The van der Waals surface area contributed by atoms with E-state index in [0.29, 0.717) is 18.1 Å². The van der Waals surface area contributed by atoms with Gasteiger partial charge in [0.25, 0.3) is 0 Å². The minimum absolute atomic E-state index is 0.0714. The molecule has 25 heavy (non-hydrogen) atoms. The Hall–Kier alpha value is -3.02. The lowest BCUT2D eigenvalue weighted by Gasteiger charge is -2.14. The van der Waals surface area contributed by atoms with Crippen LogP contribution in [0.25, 0.3) is 5.57 Å². The molecule has 0 aromatic heterocycles. The van der Waals surface area contributed by atoms with Crippen LogP contribution in [0, 0.1) is 10.1 Å². The molecule has 0 aliphatic carbocycles. The zero-order valence-corrected chi connectivity index (χ0v) is 14.7. The minimum Gasteiger partial charge on any atom is -0.493 e. The first-order valence-corrected chi connectivity index (χ1v) is 7.86. The summed E-state index contributed by atoms with van der Waals surface area (Å²) in [4.78, 5) is 10.8. The second-order valence-electron chi connectivity index (χ2n) is 5.14. The Bertz CT molecular complexity index is 798. The van der Waals surface area contributed by atoms with Gasteiger partial charge >= 0.3 is 5.69 Å². The second-order valence-corrected chi connectivity index (χ2v) is 5.14. The number of hydrogen-bond acceptors (Lipinski definition) is 5. The maximum absolute atomic E-state index is 11.3. The number of benzene rings is 2. The molecule has 0 fully saturated rings. The number of rotatable bonds is 7. The third-order valence-electron chi connectivity index (χ3n) is 3.75. The number of nitro benzene ring substituents is 1. The van der Waals surface area contributed by atoms with E-state index in [4.69, 9.17) is 14.2 Å². The van der Waals surface area contributed by atoms with E-state index in [0.717, 1.165) is 16.7 Å². The van der Waals surface area contributed by atoms with Crippen LogP contribution in [0.15, 0.2) is 42.5 Å². The first-order chi connectivity index (χ1) is 12.0. The van der Waals surface area contributed by atoms with Crippen molar-refractivity contribution in [3.8, 4) is 17.2 Å². The molecular weight excluding hydrogens is 322 g/mol. The maximum Gasteiger partial charge on any atom is 0.311 e. The smallest absolute Gasteiger partial charge is 0.311 e. The molecular formula is C19H21NO5. The zero-order chi connectivity index (χ0) is 18.4. The van der Waals surface area contributed by atoms with Crippen molar-refractivity contribution in [2.75, 3.05) is 20.8 Å². The summed E-state index contributed by atoms with van der Waals surface area (Å²) in [6.07, 6.45) is 1.91. The molecule has 0 unspecified atom stereocenters. The first-order valence-electron chi connectivity index (χ1n) is 7.86. The summed E-state index contributed by atoms with van der Waals surface area (Å²) in [6, 6.07) is 10.5. The minimum atomic E-state index is -0.449. The van der Waals surface area contributed by atoms with E-state index in [9.17, 15) is 10.1 Å². The van der Waals surface area contributed by atoms with Gasteiger partial charge in [0.05, 0.1) is 25.7 Å². The average Bonchev–Trinajstić information content (AvgIpc) is 2.62. The molecule has 0 saturated heterocycles. The molecule has 132 valence electrons. The van der Waals surface area contributed by atoms with Gasteiger partial charge in [0.1, 0.15) is 0 Å². The van der Waals surface area contributed by atoms with Crippen molar-refractivity contribution in [2.24, 2.45) is 0 Å². The fraction of sp³-hybridized carbons (Fsp3) is 0.263. The van der Waals surface area contributed by atoms with Crippen LogP contribution in [0.1, 0.15) is 25.0 Å². The van der Waals surface area contributed by atoms with E-state index in [1.165, 1.54) is 13.2 Å². The number of hydrogen-bond donors (Lipinski definition) is 0. The van der Waals surface area contributed by atoms with E-state index in [-0.39, 0.29) is 11.4 Å². The van der Waals surface area contributed by atoms with Gasteiger partial charge in [-0.25, -0.2) is 0 Å². The van der Waals surface area contributed by atoms with E-state index in [2.05, 4.69) is 0 Å². The second kappa shape index (κ2) is 8.19. The predicted octanol–water partition coefficient (Wildman–Crippen LogP) is 4.46. The summed E-state index contributed by atoms with van der Waals surface area (Å²) in [5.41, 5.74) is 2.39. The van der Waals surface area contributed by atoms with Crippen molar-refractivity contribution in [2.45, 2.75) is 13.8 Å². The lowest BCUT2D eigenvalue weighted by molar-refractivity contribution is -0.385. The fourth-order valence-electron chi connectivity index (χ4n) is 2.61. The van der Waals surface area contributed by atoms with Gasteiger partial charge < -0.3 is 14.2 Å². The molecule has 0 saturated carbocycles. The summed E-state index contributed by atoms with van der Waals surface area (Å²) in [6.45, 7) is 4.30. The average molecular weight is 343 g/mol. The molecule has 6 nitrogen and oxygen atoms in total. The van der Waals surface area contributed by atoms with Crippen molar-refractivity contribution < 1.29 is 19.1 Å². The topological polar surface area (TPSA) is 70.8 Å². The summed E-state index contributed by atoms with van der Waals surface area (Å²) < 4.78 is 16.0. The van der Waals surface area contributed by atoms with Gasteiger partial charge in [-0.3, -0.25) is 10.1 Å². The maximum atomic E-state index is 11.3. The Morgan fingerprint density at radius 3 is 2.16 bits per heavy atom. The van der Waals surface area contributed by atoms with E-state index in [1.54, 1.807) is 19.2 Å². The van der Waals surface area contributed by atoms with Crippen molar-refractivity contribution in [3.05, 3.63) is 63.7 Å². The van der Waals surface area contributed by atoms with Crippen molar-refractivity contribution in [1.29, 1.82) is 0 Å². The van der Waals surface area contributed by atoms with Crippen LogP contribution in [0.3, 0.4) is 0 Å². The first kappa shape index (κ1) is 18.3. The Labute approximate surface area is 146 Å². The van der Waals surface area contributed by atoms with Gasteiger partial charge in [0, 0.05) is 6.07 Å². The van der Waals surface area contributed by atoms with E-state index in [1.807, 2.05) is 38.1 Å². The molecule has 2 aromatic rings. The zero-order valence-electron chi connectivity index (χ0n) is 14.7. The molecule has 0 N–H and O–H groups in total. The van der Waals surface area contributed by atoms with Crippen LogP contribution in [-0.4, -0.2) is 25.7 Å². The normalized spacial score (nSPS) is 11.1. The molecule has 0 spiro atoms. The van der Waals surface area contributed by atoms with Crippen LogP contribution in [0.4, 0.5) is 5.69 Å². The van der Waals surface area contributed by atoms with Gasteiger partial charge in [0.2, 0.25) is 0 Å². The summed E-state index contributed by atoms with van der Waals surface area (Å²) in [7, 11) is 3.00. The molecule has 0 aliphatic heterocycles. The molecule has 6 heteroatoms. The number of ether oxygens (including phenoxy) is 3. The van der Waals surface area contributed by atoms with Crippen LogP contribution >= 0.6 is 0 Å². The molecule has 0 heterocycles. The number of nitrogens with zero attached hydrogens (tertiary/aromatic N) is 1. The third-order valence-corrected chi connectivity index (χ3v) is 3.75. The number of methoxy groups -OCH3 is 2. The van der Waals surface area contributed by atoms with Gasteiger partial charge in [-0.1, -0.05) is 18.2 Å². The van der Waals surface area contributed by atoms with E-state index < -0.39 is 4.92 Å². The quantitative estimate of drug-likeness (QED) is 0.548. The predicted molar refractivity (Wildman–Crippen MR) is 96.6 cm³/mol. The monoisotopic (exact) mass is 343 g/mol. The van der Waals surface area contributed by atoms with Gasteiger partial charge in [-0.15, -0.1) is 0 Å².